The van der Waals surface area contributed by atoms with E-state index in [-0.39, 0.29) is 11.8 Å². The van der Waals surface area contributed by atoms with Crippen LogP contribution < -0.4 is 5.32 Å². The van der Waals surface area contributed by atoms with E-state index in [0.29, 0.717) is 13.0 Å². The molecule has 0 bridgehead atoms. The summed E-state index contributed by atoms with van der Waals surface area (Å²) >= 11 is 1.68. The Morgan fingerprint density at radius 1 is 1.25 bits per heavy atom. The van der Waals surface area contributed by atoms with Crippen molar-refractivity contribution in [2.75, 3.05) is 18.6 Å². The predicted molar refractivity (Wildman–Crippen MR) is 81.6 cm³/mol. The molecule has 2 rings (SSSR count). The van der Waals surface area contributed by atoms with Crippen LogP contribution in [-0.2, 0) is 16.0 Å². The van der Waals surface area contributed by atoms with Crippen molar-refractivity contribution in [3.05, 3.63) is 35.9 Å². The number of nitrogens with zero attached hydrogens (tertiary/aromatic N) is 1. The number of piperazine rings is 1. The van der Waals surface area contributed by atoms with E-state index in [2.05, 4.69) is 5.32 Å². The summed E-state index contributed by atoms with van der Waals surface area (Å²) in [6.45, 7) is 2.36. The Labute approximate surface area is 123 Å². The number of amides is 2. The summed E-state index contributed by atoms with van der Waals surface area (Å²) in [6.07, 6.45) is 2.57. The molecule has 1 saturated heterocycles. The maximum absolute atomic E-state index is 12.3. The van der Waals surface area contributed by atoms with E-state index in [0.717, 1.165) is 11.3 Å². The van der Waals surface area contributed by atoms with Gasteiger partial charge < -0.3 is 10.2 Å². The van der Waals surface area contributed by atoms with Gasteiger partial charge in [-0.3, -0.25) is 9.59 Å². The molecule has 108 valence electrons. The minimum Gasteiger partial charge on any atom is -0.343 e. The van der Waals surface area contributed by atoms with Crippen molar-refractivity contribution in [2.45, 2.75) is 25.4 Å². The van der Waals surface area contributed by atoms with Crippen LogP contribution in [0.2, 0.25) is 0 Å². The monoisotopic (exact) mass is 292 g/mol. The van der Waals surface area contributed by atoms with Gasteiger partial charge in [0.05, 0.1) is 0 Å². The number of hydrogen-bond donors (Lipinski definition) is 1. The number of rotatable bonds is 5. The van der Waals surface area contributed by atoms with Crippen molar-refractivity contribution in [1.82, 2.24) is 10.2 Å². The smallest absolute Gasteiger partial charge is 0.245 e. The molecule has 1 aliphatic heterocycles. The molecule has 1 N–H and O–H groups in total. The third-order valence-corrected chi connectivity index (χ3v) is 4.09. The highest BCUT2D eigenvalue weighted by Crippen LogP contribution is 2.16. The van der Waals surface area contributed by atoms with Gasteiger partial charge in [0.15, 0.2) is 0 Å². The van der Waals surface area contributed by atoms with Gasteiger partial charge in [0.25, 0.3) is 0 Å². The third kappa shape index (κ3) is 3.33. The Morgan fingerprint density at radius 3 is 2.60 bits per heavy atom. The second-order valence-electron chi connectivity index (χ2n) is 4.96. The fourth-order valence-electron chi connectivity index (χ4n) is 2.41. The second kappa shape index (κ2) is 6.79. The lowest BCUT2D eigenvalue weighted by atomic mass is 10.00. The van der Waals surface area contributed by atoms with Crippen LogP contribution >= 0.6 is 11.8 Å². The molecular formula is C15H20N2O2S. The zero-order valence-electron chi connectivity index (χ0n) is 11.8. The first-order valence-corrected chi connectivity index (χ1v) is 8.16. The van der Waals surface area contributed by atoms with Crippen LogP contribution in [0.25, 0.3) is 0 Å². The summed E-state index contributed by atoms with van der Waals surface area (Å²) in [7, 11) is 0. The first-order chi connectivity index (χ1) is 9.63. The number of benzene rings is 1. The van der Waals surface area contributed by atoms with Gasteiger partial charge in [0.1, 0.15) is 12.1 Å². The van der Waals surface area contributed by atoms with Crippen LogP contribution in [0, 0.1) is 0 Å². The highest BCUT2D eigenvalue weighted by atomic mass is 32.2. The van der Waals surface area contributed by atoms with Crippen LogP contribution in [0.5, 0.6) is 0 Å². The molecule has 1 aromatic carbocycles. The highest BCUT2D eigenvalue weighted by Gasteiger charge is 2.37. The lowest BCUT2D eigenvalue weighted by molar-refractivity contribution is -0.148. The Morgan fingerprint density at radius 2 is 1.95 bits per heavy atom. The minimum atomic E-state index is -0.420. The van der Waals surface area contributed by atoms with Gasteiger partial charge in [0.2, 0.25) is 11.8 Å². The van der Waals surface area contributed by atoms with Gasteiger partial charge in [0, 0.05) is 18.7 Å². The van der Waals surface area contributed by atoms with E-state index < -0.39 is 12.1 Å². The number of thioether (sulfide) groups is 1. The molecule has 1 fully saturated rings. The molecule has 4 nitrogen and oxygen atoms in total. The fraction of sp³-hybridized carbons (Fsp3) is 0.467. The topological polar surface area (TPSA) is 49.4 Å². The number of nitrogens with one attached hydrogen (secondary N) is 1. The van der Waals surface area contributed by atoms with E-state index >= 15 is 0 Å². The molecular weight excluding hydrogens is 272 g/mol. The van der Waals surface area contributed by atoms with E-state index in [9.17, 15) is 9.59 Å². The maximum atomic E-state index is 12.3. The molecule has 0 radical (unpaired) electrons. The molecule has 2 amide bonds. The lowest BCUT2D eigenvalue weighted by Crippen LogP contribution is -2.63. The van der Waals surface area contributed by atoms with Gasteiger partial charge in [-0.05, 0) is 18.7 Å². The molecule has 0 aliphatic carbocycles. The summed E-state index contributed by atoms with van der Waals surface area (Å²) in [6, 6.07) is 9.01. The van der Waals surface area contributed by atoms with Crippen LogP contribution in [0.1, 0.15) is 12.5 Å². The molecule has 0 aromatic heterocycles. The average molecular weight is 292 g/mol. The third-order valence-electron chi connectivity index (χ3n) is 3.50. The molecule has 0 saturated carbocycles. The summed E-state index contributed by atoms with van der Waals surface area (Å²) in [5.74, 6) is 0.804. The normalized spacial score (nSPS) is 22.8. The zero-order chi connectivity index (χ0) is 14.5. The molecule has 0 spiro atoms. The van der Waals surface area contributed by atoms with Crippen molar-refractivity contribution in [2.24, 2.45) is 0 Å². The summed E-state index contributed by atoms with van der Waals surface area (Å²) in [5, 5.41) is 2.77. The van der Waals surface area contributed by atoms with E-state index in [1.165, 1.54) is 0 Å². The van der Waals surface area contributed by atoms with Crippen LogP contribution in [-0.4, -0.2) is 47.4 Å². The molecule has 2 atom stereocenters. The largest absolute Gasteiger partial charge is 0.343 e. The molecule has 20 heavy (non-hydrogen) atoms. The van der Waals surface area contributed by atoms with Crippen LogP contribution in [0.4, 0.5) is 0 Å². The van der Waals surface area contributed by atoms with E-state index in [1.54, 1.807) is 23.6 Å². The fourth-order valence-corrected chi connectivity index (χ4v) is 2.79. The van der Waals surface area contributed by atoms with Crippen LogP contribution in [0.15, 0.2) is 30.3 Å². The molecule has 5 heteroatoms. The minimum absolute atomic E-state index is 0.0135. The molecule has 1 aliphatic rings. The first-order valence-electron chi connectivity index (χ1n) is 6.77. The lowest BCUT2D eigenvalue weighted by Gasteiger charge is -2.38. The standard InChI is InChI=1S/C15H20N2O2S/c1-11-15(19)17(8-9-20-2)13(14(18)16-11)10-12-6-4-3-5-7-12/h3-7,11,13H,8-10H2,1-2H3,(H,16,18). The van der Waals surface area contributed by atoms with Crippen molar-refractivity contribution in [1.29, 1.82) is 0 Å². The van der Waals surface area contributed by atoms with Gasteiger partial charge in [-0.25, -0.2) is 0 Å². The SMILES string of the molecule is CSCCN1C(=O)C(C)NC(=O)C1Cc1ccccc1. The van der Waals surface area contributed by atoms with Gasteiger partial charge >= 0.3 is 0 Å². The highest BCUT2D eigenvalue weighted by molar-refractivity contribution is 7.98. The van der Waals surface area contributed by atoms with Crippen molar-refractivity contribution in [3.63, 3.8) is 0 Å². The Hall–Kier alpha value is -1.49. The summed E-state index contributed by atoms with van der Waals surface area (Å²) in [5.41, 5.74) is 1.07. The predicted octanol–water partition coefficient (Wildman–Crippen LogP) is 1.31. The Bertz CT molecular complexity index is 478. The van der Waals surface area contributed by atoms with Gasteiger partial charge in [-0.15, -0.1) is 0 Å². The molecule has 2 unspecified atom stereocenters. The van der Waals surface area contributed by atoms with Crippen molar-refractivity contribution < 1.29 is 9.59 Å². The number of hydrogen-bond acceptors (Lipinski definition) is 3. The molecule has 1 aromatic rings. The average Bonchev–Trinajstić information content (AvgIpc) is 2.45. The second-order valence-corrected chi connectivity index (χ2v) is 5.95. The summed E-state index contributed by atoms with van der Waals surface area (Å²) < 4.78 is 0. The Balaban J connectivity index is 2.17. The van der Waals surface area contributed by atoms with Crippen molar-refractivity contribution in [3.8, 4) is 0 Å². The number of carbonyl (C=O) groups is 2. The van der Waals surface area contributed by atoms with Gasteiger partial charge in [-0.1, -0.05) is 30.3 Å². The molecule has 1 heterocycles. The van der Waals surface area contributed by atoms with Crippen LogP contribution in [0.3, 0.4) is 0 Å². The Kier molecular flexibility index (Phi) is 5.06. The van der Waals surface area contributed by atoms with E-state index in [4.69, 9.17) is 0 Å². The van der Waals surface area contributed by atoms with Crippen molar-refractivity contribution >= 4 is 23.6 Å². The zero-order valence-corrected chi connectivity index (χ0v) is 12.7. The summed E-state index contributed by atoms with van der Waals surface area (Å²) in [4.78, 5) is 26.2. The quantitative estimate of drug-likeness (QED) is 0.890. The maximum Gasteiger partial charge on any atom is 0.245 e. The first kappa shape index (κ1) is 14.9. The van der Waals surface area contributed by atoms with Gasteiger partial charge in [-0.2, -0.15) is 11.8 Å². The van der Waals surface area contributed by atoms with E-state index in [1.807, 2.05) is 36.6 Å². The number of carbonyl (C=O) groups excluding carboxylic acids is 2.